The van der Waals surface area contributed by atoms with E-state index in [1.165, 1.54) is 14.2 Å². The molecule has 0 rings (SSSR count). The van der Waals surface area contributed by atoms with Gasteiger partial charge in [0.15, 0.2) is 0 Å². The largest absolute Gasteiger partial charge is 0.480 e. The number of nitrogens with zero attached hydrogens (tertiary/aromatic N) is 1. The summed E-state index contributed by atoms with van der Waals surface area (Å²) in [6.07, 6.45) is -0.485. The van der Waals surface area contributed by atoms with Gasteiger partial charge in [-0.05, 0) is 34.6 Å². The Morgan fingerprint density at radius 2 is 1.68 bits per heavy atom. The number of hydrogen-bond donors (Lipinski definition) is 1. The van der Waals surface area contributed by atoms with Gasteiger partial charge in [-0.3, -0.25) is 4.90 Å². The van der Waals surface area contributed by atoms with Crippen molar-refractivity contribution in [3.8, 4) is 0 Å². The zero-order chi connectivity index (χ0) is 15.4. The molecule has 0 aliphatic carbocycles. The van der Waals surface area contributed by atoms with Crippen LogP contribution in [0.25, 0.3) is 0 Å². The second-order valence-electron chi connectivity index (χ2n) is 6.11. The Morgan fingerprint density at radius 1 is 1.21 bits per heavy atom. The fraction of sp³-hybridized carbons (Fsp3) is 0.846. The molecule has 0 bridgehead atoms. The number of likely N-dealkylation sites (N-methyl/N-ethyl adjacent to an activating group) is 1. The first kappa shape index (κ1) is 17.7. The lowest BCUT2D eigenvalue weighted by Gasteiger charge is -2.32. The number of aliphatic carboxylic acids is 1. The molecule has 0 radical (unpaired) electrons. The molecule has 0 aliphatic heterocycles. The van der Waals surface area contributed by atoms with Crippen LogP contribution in [0.2, 0.25) is 0 Å². The topological polar surface area (TPSA) is 76.1 Å². The number of ether oxygens (including phenoxy) is 2. The van der Waals surface area contributed by atoms with Crippen molar-refractivity contribution in [1.29, 1.82) is 0 Å². The normalized spacial score (nSPS) is 13.8. The van der Waals surface area contributed by atoms with Gasteiger partial charge in [0.2, 0.25) is 0 Å². The minimum atomic E-state index is -1.08. The fourth-order valence-corrected chi connectivity index (χ4v) is 1.40. The van der Waals surface area contributed by atoms with Crippen molar-refractivity contribution in [2.45, 2.75) is 58.3 Å². The van der Waals surface area contributed by atoms with E-state index in [1.54, 1.807) is 34.6 Å². The van der Waals surface area contributed by atoms with E-state index in [9.17, 15) is 14.7 Å². The first-order valence-electron chi connectivity index (χ1n) is 6.13. The Morgan fingerprint density at radius 3 is 2.00 bits per heavy atom. The summed E-state index contributed by atoms with van der Waals surface area (Å²) in [7, 11) is 2.92. The third-order valence-corrected chi connectivity index (χ3v) is 2.67. The molecule has 0 aromatic rings. The molecular formula is C13H25NO5. The van der Waals surface area contributed by atoms with E-state index in [0.29, 0.717) is 0 Å². The molecule has 0 aromatic heterocycles. The van der Waals surface area contributed by atoms with Crippen molar-refractivity contribution in [3.63, 3.8) is 0 Å². The number of amides is 1. The summed E-state index contributed by atoms with van der Waals surface area (Å²) in [5.74, 6) is -1.08. The molecule has 6 nitrogen and oxygen atoms in total. The highest BCUT2D eigenvalue weighted by molar-refractivity contribution is 5.80. The molecule has 19 heavy (non-hydrogen) atoms. The van der Waals surface area contributed by atoms with Crippen LogP contribution in [0.3, 0.4) is 0 Å². The summed E-state index contributed by atoms with van der Waals surface area (Å²) in [6.45, 7) is 8.73. The standard InChI is InChI=1S/C13H25NO5/c1-12(2,3)19-11(17)14(6)9(10(15)16)8-13(4,5)18-7/h9H,8H2,1-7H3,(H,15,16). The summed E-state index contributed by atoms with van der Waals surface area (Å²) >= 11 is 0. The molecule has 1 N–H and O–H groups in total. The minimum Gasteiger partial charge on any atom is -0.480 e. The third-order valence-electron chi connectivity index (χ3n) is 2.67. The molecule has 0 saturated heterocycles. The van der Waals surface area contributed by atoms with Gasteiger partial charge < -0.3 is 14.6 Å². The molecule has 1 unspecified atom stereocenters. The maximum Gasteiger partial charge on any atom is 0.410 e. The molecule has 0 heterocycles. The van der Waals surface area contributed by atoms with E-state index in [0.717, 1.165) is 4.90 Å². The van der Waals surface area contributed by atoms with Gasteiger partial charge in [0, 0.05) is 20.6 Å². The van der Waals surface area contributed by atoms with Gasteiger partial charge in [0.05, 0.1) is 5.60 Å². The maximum atomic E-state index is 11.9. The lowest BCUT2D eigenvalue weighted by atomic mass is 9.98. The van der Waals surface area contributed by atoms with Gasteiger partial charge in [-0.1, -0.05) is 0 Å². The lowest BCUT2D eigenvalue weighted by molar-refractivity contribution is -0.145. The van der Waals surface area contributed by atoms with Crippen LogP contribution in [0, 0.1) is 0 Å². The van der Waals surface area contributed by atoms with Crippen LogP contribution in [0.4, 0.5) is 4.79 Å². The number of methoxy groups -OCH3 is 1. The Hall–Kier alpha value is -1.30. The van der Waals surface area contributed by atoms with Crippen LogP contribution in [-0.4, -0.2) is 53.5 Å². The molecule has 1 amide bonds. The van der Waals surface area contributed by atoms with Gasteiger partial charge in [-0.15, -0.1) is 0 Å². The molecule has 0 saturated carbocycles. The summed E-state index contributed by atoms with van der Waals surface area (Å²) in [4.78, 5) is 24.3. The quantitative estimate of drug-likeness (QED) is 0.831. The first-order chi connectivity index (χ1) is 8.39. The predicted octanol–water partition coefficient (Wildman–Crippen LogP) is 2.12. The van der Waals surface area contributed by atoms with E-state index < -0.39 is 29.3 Å². The highest BCUT2D eigenvalue weighted by atomic mass is 16.6. The van der Waals surface area contributed by atoms with E-state index in [1.807, 2.05) is 0 Å². The van der Waals surface area contributed by atoms with Crippen molar-refractivity contribution < 1.29 is 24.2 Å². The average Bonchev–Trinajstić information content (AvgIpc) is 2.22. The fourth-order valence-electron chi connectivity index (χ4n) is 1.40. The highest BCUT2D eigenvalue weighted by Gasteiger charge is 2.34. The van der Waals surface area contributed by atoms with Crippen molar-refractivity contribution in [3.05, 3.63) is 0 Å². The number of hydrogen-bond acceptors (Lipinski definition) is 4. The number of carboxylic acid groups (broad SMARTS) is 1. The first-order valence-corrected chi connectivity index (χ1v) is 6.13. The molecule has 0 spiro atoms. The average molecular weight is 275 g/mol. The third kappa shape index (κ3) is 6.42. The van der Waals surface area contributed by atoms with Crippen LogP contribution in [0.5, 0.6) is 0 Å². The molecule has 1 atom stereocenters. The molecule has 112 valence electrons. The Balaban J connectivity index is 4.90. The Bertz CT molecular complexity index is 332. The second-order valence-corrected chi connectivity index (χ2v) is 6.11. The minimum absolute atomic E-state index is 0.175. The smallest absolute Gasteiger partial charge is 0.410 e. The van der Waals surface area contributed by atoms with Crippen molar-refractivity contribution in [1.82, 2.24) is 4.90 Å². The van der Waals surface area contributed by atoms with Crippen LogP contribution < -0.4 is 0 Å². The maximum absolute atomic E-state index is 11.9. The van der Waals surface area contributed by atoms with Crippen molar-refractivity contribution in [2.24, 2.45) is 0 Å². The molecule has 0 fully saturated rings. The summed E-state index contributed by atoms with van der Waals surface area (Å²) in [5.41, 5.74) is -1.30. The van der Waals surface area contributed by atoms with Crippen LogP contribution in [-0.2, 0) is 14.3 Å². The Kier molecular flexibility index (Phi) is 5.81. The summed E-state index contributed by atoms with van der Waals surface area (Å²) in [5, 5.41) is 9.24. The SMILES string of the molecule is COC(C)(C)CC(C(=O)O)N(C)C(=O)OC(C)(C)C. The highest BCUT2D eigenvalue weighted by Crippen LogP contribution is 2.20. The molecular weight excluding hydrogens is 250 g/mol. The number of carbonyl (C=O) groups is 2. The van der Waals surface area contributed by atoms with Crippen molar-refractivity contribution >= 4 is 12.1 Å². The monoisotopic (exact) mass is 275 g/mol. The lowest BCUT2D eigenvalue weighted by Crippen LogP contribution is -2.48. The van der Waals surface area contributed by atoms with Gasteiger partial charge in [0.1, 0.15) is 11.6 Å². The van der Waals surface area contributed by atoms with E-state index in [4.69, 9.17) is 9.47 Å². The molecule has 0 aliphatic rings. The van der Waals surface area contributed by atoms with E-state index in [2.05, 4.69) is 0 Å². The van der Waals surface area contributed by atoms with Gasteiger partial charge in [0.25, 0.3) is 0 Å². The van der Waals surface area contributed by atoms with Crippen molar-refractivity contribution in [2.75, 3.05) is 14.2 Å². The number of rotatable bonds is 5. The zero-order valence-electron chi connectivity index (χ0n) is 12.8. The van der Waals surface area contributed by atoms with Gasteiger partial charge in [-0.2, -0.15) is 0 Å². The van der Waals surface area contributed by atoms with Crippen LogP contribution in [0.1, 0.15) is 41.0 Å². The van der Waals surface area contributed by atoms with Crippen LogP contribution >= 0.6 is 0 Å². The van der Waals surface area contributed by atoms with Crippen LogP contribution in [0.15, 0.2) is 0 Å². The predicted molar refractivity (Wildman–Crippen MR) is 71.1 cm³/mol. The van der Waals surface area contributed by atoms with Gasteiger partial charge >= 0.3 is 12.1 Å². The van der Waals surface area contributed by atoms with Gasteiger partial charge in [-0.25, -0.2) is 9.59 Å². The summed E-state index contributed by atoms with van der Waals surface area (Å²) < 4.78 is 10.4. The Labute approximate surface area is 114 Å². The molecule has 0 aromatic carbocycles. The summed E-state index contributed by atoms with van der Waals surface area (Å²) in [6, 6.07) is -0.996. The van der Waals surface area contributed by atoms with E-state index >= 15 is 0 Å². The molecule has 6 heteroatoms. The number of carbonyl (C=O) groups excluding carboxylic acids is 1. The second kappa shape index (κ2) is 6.23. The zero-order valence-corrected chi connectivity index (χ0v) is 12.8. The van der Waals surface area contributed by atoms with E-state index in [-0.39, 0.29) is 6.42 Å². The number of carboxylic acids is 1.